The lowest BCUT2D eigenvalue weighted by Crippen LogP contribution is -2.56. The highest BCUT2D eigenvalue weighted by atomic mass is 79.9. The summed E-state index contributed by atoms with van der Waals surface area (Å²) in [5.74, 6) is -0.207. The molecule has 1 fully saturated rings. The lowest BCUT2D eigenvalue weighted by molar-refractivity contribution is 0.254. The molecule has 1 saturated heterocycles. The summed E-state index contributed by atoms with van der Waals surface area (Å²) in [7, 11) is 0. The third-order valence-corrected chi connectivity index (χ3v) is 4.10. The van der Waals surface area contributed by atoms with Gasteiger partial charge in [0.25, 0.3) is 0 Å². The van der Waals surface area contributed by atoms with E-state index in [9.17, 15) is 4.39 Å². The normalized spacial score (nSPS) is 21.2. The maximum Gasteiger partial charge on any atom is 0.137 e. The molecule has 0 bridgehead atoms. The molecule has 1 aliphatic rings. The summed E-state index contributed by atoms with van der Waals surface area (Å²) in [5.41, 5.74) is 1.31. The van der Waals surface area contributed by atoms with Gasteiger partial charge in [-0.3, -0.25) is 0 Å². The van der Waals surface area contributed by atoms with E-state index in [2.05, 4.69) is 46.9 Å². The third-order valence-electron chi connectivity index (χ3n) is 3.49. The van der Waals surface area contributed by atoms with Crippen LogP contribution in [0.25, 0.3) is 0 Å². The summed E-state index contributed by atoms with van der Waals surface area (Å²) < 4.78 is 13.8. The van der Waals surface area contributed by atoms with Crippen molar-refractivity contribution in [1.82, 2.24) is 5.32 Å². The van der Waals surface area contributed by atoms with Gasteiger partial charge < -0.3 is 10.2 Å². The van der Waals surface area contributed by atoms with Crippen LogP contribution in [0.15, 0.2) is 22.7 Å². The standard InChI is InChI=1S/C14H20BrFN2/c1-14(2,3)13-9-18(7-6-17-13)10-4-5-12(16)11(15)8-10/h4-5,8,13,17H,6-7,9H2,1-3H3. The number of hydrogen-bond donors (Lipinski definition) is 1. The minimum atomic E-state index is -0.207. The predicted octanol–water partition coefficient (Wildman–Crippen LogP) is 3.41. The molecule has 1 aromatic rings. The molecular weight excluding hydrogens is 295 g/mol. The van der Waals surface area contributed by atoms with E-state index in [1.165, 1.54) is 6.07 Å². The summed E-state index contributed by atoms with van der Waals surface area (Å²) in [6.07, 6.45) is 0. The molecule has 0 radical (unpaired) electrons. The number of benzene rings is 1. The zero-order valence-electron chi connectivity index (χ0n) is 11.1. The molecule has 0 spiro atoms. The number of piperazine rings is 1. The van der Waals surface area contributed by atoms with E-state index in [1.807, 2.05) is 12.1 Å². The molecule has 0 amide bonds. The Morgan fingerprint density at radius 3 is 2.72 bits per heavy atom. The fourth-order valence-corrected chi connectivity index (χ4v) is 2.61. The largest absolute Gasteiger partial charge is 0.369 e. The molecule has 0 saturated carbocycles. The Morgan fingerprint density at radius 2 is 2.11 bits per heavy atom. The van der Waals surface area contributed by atoms with Gasteiger partial charge in [-0.2, -0.15) is 0 Å². The summed E-state index contributed by atoms with van der Waals surface area (Å²) in [4.78, 5) is 2.32. The first kappa shape index (κ1) is 13.8. The molecule has 1 heterocycles. The van der Waals surface area contributed by atoms with Crippen LogP contribution in [0, 0.1) is 11.2 Å². The fourth-order valence-electron chi connectivity index (χ4n) is 2.25. The topological polar surface area (TPSA) is 15.3 Å². The number of rotatable bonds is 1. The average Bonchev–Trinajstić information content (AvgIpc) is 2.32. The highest BCUT2D eigenvalue weighted by Crippen LogP contribution is 2.27. The molecule has 1 aliphatic heterocycles. The quantitative estimate of drug-likeness (QED) is 0.854. The number of anilines is 1. The van der Waals surface area contributed by atoms with Crippen LogP contribution in [0.2, 0.25) is 0 Å². The molecule has 18 heavy (non-hydrogen) atoms. The maximum atomic E-state index is 13.3. The smallest absolute Gasteiger partial charge is 0.137 e. The van der Waals surface area contributed by atoms with Crippen molar-refractivity contribution in [3.05, 3.63) is 28.5 Å². The maximum absolute atomic E-state index is 13.3. The van der Waals surface area contributed by atoms with Crippen LogP contribution in [0.4, 0.5) is 10.1 Å². The molecular formula is C14H20BrFN2. The van der Waals surface area contributed by atoms with Crippen molar-refractivity contribution in [1.29, 1.82) is 0 Å². The lowest BCUT2D eigenvalue weighted by Gasteiger charge is -2.41. The Bertz CT molecular complexity index is 428. The van der Waals surface area contributed by atoms with Gasteiger partial charge in [0.1, 0.15) is 5.82 Å². The molecule has 0 aliphatic carbocycles. The molecule has 2 nitrogen and oxygen atoms in total. The molecule has 0 aromatic heterocycles. The van der Waals surface area contributed by atoms with Crippen molar-refractivity contribution < 1.29 is 4.39 Å². The van der Waals surface area contributed by atoms with E-state index in [-0.39, 0.29) is 11.2 Å². The van der Waals surface area contributed by atoms with E-state index in [0.717, 1.165) is 25.3 Å². The van der Waals surface area contributed by atoms with Crippen LogP contribution >= 0.6 is 15.9 Å². The molecule has 1 atom stereocenters. The molecule has 2 rings (SSSR count). The second-order valence-electron chi connectivity index (χ2n) is 5.92. The summed E-state index contributed by atoms with van der Waals surface area (Å²) in [5, 5.41) is 3.56. The van der Waals surface area contributed by atoms with Gasteiger partial charge in [0.2, 0.25) is 0 Å². The van der Waals surface area contributed by atoms with Gasteiger partial charge in [-0.1, -0.05) is 20.8 Å². The van der Waals surface area contributed by atoms with Crippen molar-refractivity contribution in [3.63, 3.8) is 0 Å². The fraction of sp³-hybridized carbons (Fsp3) is 0.571. The first-order valence-corrected chi connectivity index (χ1v) is 7.10. The monoisotopic (exact) mass is 314 g/mol. The molecule has 1 N–H and O–H groups in total. The Balaban J connectivity index is 2.15. The Morgan fingerprint density at radius 1 is 1.39 bits per heavy atom. The van der Waals surface area contributed by atoms with Crippen molar-refractivity contribution in [3.8, 4) is 0 Å². The average molecular weight is 315 g/mol. The van der Waals surface area contributed by atoms with Crippen molar-refractivity contribution in [2.45, 2.75) is 26.8 Å². The van der Waals surface area contributed by atoms with Crippen molar-refractivity contribution >= 4 is 21.6 Å². The van der Waals surface area contributed by atoms with Crippen molar-refractivity contribution in [2.75, 3.05) is 24.5 Å². The van der Waals surface area contributed by atoms with Crippen LogP contribution < -0.4 is 10.2 Å². The van der Waals surface area contributed by atoms with Crippen LogP contribution in [-0.2, 0) is 0 Å². The predicted molar refractivity (Wildman–Crippen MR) is 77.6 cm³/mol. The molecule has 1 unspecified atom stereocenters. The number of nitrogens with one attached hydrogen (secondary N) is 1. The number of nitrogens with zero attached hydrogens (tertiary/aromatic N) is 1. The van der Waals surface area contributed by atoms with Crippen LogP contribution in [0.5, 0.6) is 0 Å². The van der Waals surface area contributed by atoms with Gasteiger partial charge in [0.15, 0.2) is 0 Å². The van der Waals surface area contributed by atoms with E-state index in [4.69, 9.17) is 0 Å². The molecule has 1 aromatic carbocycles. The second-order valence-corrected chi connectivity index (χ2v) is 6.77. The molecule has 4 heteroatoms. The first-order valence-electron chi connectivity index (χ1n) is 6.31. The SMILES string of the molecule is CC(C)(C)C1CN(c2ccc(F)c(Br)c2)CCN1. The second kappa shape index (κ2) is 5.17. The van der Waals surface area contributed by atoms with E-state index >= 15 is 0 Å². The van der Waals surface area contributed by atoms with Crippen molar-refractivity contribution in [2.24, 2.45) is 5.41 Å². The highest BCUT2D eigenvalue weighted by Gasteiger charge is 2.29. The van der Waals surface area contributed by atoms with Crippen LogP contribution in [0.3, 0.4) is 0 Å². The lowest BCUT2D eigenvalue weighted by atomic mass is 9.85. The summed E-state index contributed by atoms with van der Waals surface area (Å²) in [6, 6.07) is 5.69. The van der Waals surface area contributed by atoms with Crippen LogP contribution in [-0.4, -0.2) is 25.7 Å². The van der Waals surface area contributed by atoms with Gasteiger partial charge in [0, 0.05) is 31.4 Å². The Labute approximate surface area is 117 Å². The minimum Gasteiger partial charge on any atom is -0.369 e. The van der Waals surface area contributed by atoms with Crippen LogP contribution in [0.1, 0.15) is 20.8 Å². The zero-order valence-corrected chi connectivity index (χ0v) is 12.7. The van der Waals surface area contributed by atoms with Gasteiger partial charge in [-0.05, 0) is 39.5 Å². The number of halogens is 2. The number of hydrogen-bond acceptors (Lipinski definition) is 2. The van der Waals surface area contributed by atoms with Gasteiger partial charge >= 0.3 is 0 Å². The third kappa shape index (κ3) is 3.04. The summed E-state index contributed by atoms with van der Waals surface area (Å²) >= 11 is 3.25. The van der Waals surface area contributed by atoms with E-state index in [1.54, 1.807) is 0 Å². The first-order chi connectivity index (χ1) is 8.38. The minimum absolute atomic E-state index is 0.207. The highest BCUT2D eigenvalue weighted by molar-refractivity contribution is 9.10. The molecule has 100 valence electrons. The van der Waals surface area contributed by atoms with Gasteiger partial charge in [-0.15, -0.1) is 0 Å². The summed E-state index contributed by atoms with van der Waals surface area (Å²) in [6.45, 7) is 9.63. The Hall–Kier alpha value is -0.610. The van der Waals surface area contributed by atoms with Gasteiger partial charge in [-0.25, -0.2) is 4.39 Å². The van der Waals surface area contributed by atoms with E-state index in [0.29, 0.717) is 10.5 Å². The van der Waals surface area contributed by atoms with Gasteiger partial charge in [0.05, 0.1) is 4.47 Å². The zero-order chi connectivity index (χ0) is 13.3. The van der Waals surface area contributed by atoms with E-state index < -0.39 is 0 Å². The Kier molecular flexibility index (Phi) is 3.97.